The van der Waals surface area contributed by atoms with E-state index in [4.69, 9.17) is 16.3 Å². The van der Waals surface area contributed by atoms with Crippen molar-refractivity contribution in [1.82, 2.24) is 9.78 Å². The Morgan fingerprint density at radius 1 is 1.35 bits per heavy atom. The van der Waals surface area contributed by atoms with Crippen LogP contribution in [0.25, 0.3) is 11.8 Å². The van der Waals surface area contributed by atoms with Crippen molar-refractivity contribution in [3.05, 3.63) is 51.6 Å². The molecule has 2 rings (SSSR count). The number of carbonyl (C=O) groups excluding carboxylic acids is 1. The number of ether oxygens (including phenoxy) is 1. The molecule has 9 heteroatoms. The zero-order chi connectivity index (χ0) is 19.5. The zero-order valence-electron chi connectivity index (χ0n) is 14.3. The van der Waals surface area contributed by atoms with Crippen LogP contribution in [0, 0.1) is 11.3 Å². The fourth-order valence-electron chi connectivity index (χ4n) is 2.11. The molecule has 0 unspecified atom stereocenters. The van der Waals surface area contributed by atoms with E-state index in [0.717, 1.165) is 6.08 Å². The number of nitriles is 1. The van der Waals surface area contributed by atoms with E-state index in [1.165, 1.54) is 31.8 Å². The standard InChI is InChI=1S/C17H16ClN3O4S/c1-11(2)26(23,24)14(9-19)8-16-15(17(22)25-3)10-20-21(16)13-6-4-12(18)5-7-13/h4-8,10-11H,1-3H3/b14-8+. The minimum absolute atomic E-state index is 0.0363. The smallest absolute Gasteiger partial charge is 0.341 e. The van der Waals surface area contributed by atoms with Crippen LogP contribution in [0.15, 0.2) is 35.4 Å². The van der Waals surface area contributed by atoms with E-state index >= 15 is 0 Å². The third-order valence-electron chi connectivity index (χ3n) is 3.59. The van der Waals surface area contributed by atoms with Gasteiger partial charge in [0, 0.05) is 5.02 Å². The Labute approximate surface area is 156 Å². The van der Waals surface area contributed by atoms with Crippen LogP contribution in [-0.2, 0) is 14.6 Å². The van der Waals surface area contributed by atoms with Gasteiger partial charge >= 0.3 is 5.97 Å². The Bertz CT molecular complexity index is 1000. The number of halogens is 1. The molecular weight excluding hydrogens is 378 g/mol. The Morgan fingerprint density at radius 2 is 1.96 bits per heavy atom. The molecule has 0 aliphatic rings. The van der Waals surface area contributed by atoms with Gasteiger partial charge in [0.25, 0.3) is 0 Å². The maximum absolute atomic E-state index is 12.4. The van der Waals surface area contributed by atoms with Crippen LogP contribution < -0.4 is 0 Å². The van der Waals surface area contributed by atoms with Gasteiger partial charge in [-0.3, -0.25) is 0 Å². The van der Waals surface area contributed by atoms with Gasteiger partial charge in [-0.2, -0.15) is 10.4 Å². The Balaban J connectivity index is 2.74. The number of benzene rings is 1. The van der Waals surface area contributed by atoms with E-state index < -0.39 is 26.0 Å². The molecule has 0 spiro atoms. The first-order valence-electron chi connectivity index (χ1n) is 7.50. The first-order chi connectivity index (χ1) is 12.2. The average molecular weight is 394 g/mol. The average Bonchev–Trinajstić information content (AvgIpc) is 3.02. The molecule has 0 atom stereocenters. The van der Waals surface area contributed by atoms with Crippen molar-refractivity contribution in [2.75, 3.05) is 7.11 Å². The number of esters is 1. The summed E-state index contributed by atoms with van der Waals surface area (Å²) in [6, 6.07) is 8.24. The lowest BCUT2D eigenvalue weighted by Gasteiger charge is -2.09. The van der Waals surface area contributed by atoms with Gasteiger partial charge in [0.1, 0.15) is 16.5 Å². The van der Waals surface area contributed by atoms with Crippen LogP contribution in [0.2, 0.25) is 5.02 Å². The van der Waals surface area contributed by atoms with E-state index in [-0.39, 0.29) is 11.3 Å². The van der Waals surface area contributed by atoms with Crippen molar-refractivity contribution in [2.45, 2.75) is 19.1 Å². The highest BCUT2D eigenvalue weighted by Gasteiger charge is 2.25. The SMILES string of the molecule is COC(=O)c1cnn(-c2ccc(Cl)cc2)c1/C=C(\C#N)S(=O)(=O)C(C)C. The van der Waals surface area contributed by atoms with Crippen LogP contribution in [0.3, 0.4) is 0 Å². The highest BCUT2D eigenvalue weighted by atomic mass is 35.5. The second-order valence-electron chi connectivity index (χ2n) is 5.54. The molecule has 136 valence electrons. The minimum atomic E-state index is -3.83. The van der Waals surface area contributed by atoms with Gasteiger partial charge in [-0.05, 0) is 44.2 Å². The fourth-order valence-corrected chi connectivity index (χ4v) is 3.15. The van der Waals surface area contributed by atoms with Crippen molar-refractivity contribution in [3.63, 3.8) is 0 Å². The Kier molecular flexibility index (Phi) is 5.85. The molecule has 0 amide bonds. The summed E-state index contributed by atoms with van der Waals surface area (Å²) in [5.41, 5.74) is 0.698. The van der Waals surface area contributed by atoms with Crippen LogP contribution in [0.5, 0.6) is 0 Å². The predicted octanol–water partition coefficient (Wildman–Crippen LogP) is 3.00. The monoisotopic (exact) mass is 393 g/mol. The van der Waals surface area contributed by atoms with Gasteiger partial charge in [-0.1, -0.05) is 11.6 Å². The molecule has 7 nitrogen and oxygen atoms in total. The second kappa shape index (κ2) is 7.72. The molecule has 1 heterocycles. The van der Waals surface area contributed by atoms with Crippen LogP contribution >= 0.6 is 11.6 Å². The summed E-state index contributed by atoms with van der Waals surface area (Å²) in [6.45, 7) is 2.94. The molecule has 0 radical (unpaired) electrons. The highest BCUT2D eigenvalue weighted by Crippen LogP contribution is 2.23. The molecule has 0 saturated heterocycles. The third-order valence-corrected chi connectivity index (χ3v) is 5.90. The lowest BCUT2D eigenvalue weighted by molar-refractivity contribution is 0.0600. The predicted molar refractivity (Wildman–Crippen MR) is 97.6 cm³/mol. The number of carbonyl (C=O) groups is 1. The van der Waals surface area contributed by atoms with Crippen molar-refractivity contribution in [2.24, 2.45) is 0 Å². The van der Waals surface area contributed by atoms with Gasteiger partial charge < -0.3 is 4.74 Å². The number of rotatable bonds is 5. The van der Waals surface area contributed by atoms with Crippen LogP contribution in [-0.4, -0.2) is 36.5 Å². The number of aromatic nitrogens is 2. The van der Waals surface area contributed by atoms with Crippen molar-refractivity contribution < 1.29 is 17.9 Å². The molecule has 2 aromatic rings. The number of methoxy groups -OCH3 is 1. The van der Waals surface area contributed by atoms with Crippen molar-refractivity contribution >= 4 is 33.5 Å². The number of sulfone groups is 1. The maximum Gasteiger partial charge on any atom is 0.341 e. The normalized spacial score (nSPS) is 12.1. The van der Waals surface area contributed by atoms with Crippen molar-refractivity contribution in [1.29, 1.82) is 5.26 Å². The zero-order valence-corrected chi connectivity index (χ0v) is 15.9. The number of hydrogen-bond donors (Lipinski definition) is 0. The van der Waals surface area contributed by atoms with E-state index in [2.05, 4.69) is 5.10 Å². The lowest BCUT2D eigenvalue weighted by atomic mass is 10.2. The number of allylic oxidation sites excluding steroid dienone is 1. The quantitative estimate of drug-likeness (QED) is 0.571. The third kappa shape index (κ3) is 3.79. The molecule has 0 aliphatic carbocycles. The molecule has 0 N–H and O–H groups in total. The Hall–Kier alpha value is -2.63. The summed E-state index contributed by atoms with van der Waals surface area (Å²) in [7, 11) is -2.63. The van der Waals surface area contributed by atoms with Gasteiger partial charge in [0.2, 0.25) is 0 Å². The largest absolute Gasteiger partial charge is 0.465 e. The fraction of sp³-hybridized carbons (Fsp3) is 0.235. The van der Waals surface area contributed by atoms with Gasteiger partial charge in [0.05, 0.1) is 29.9 Å². The van der Waals surface area contributed by atoms with Crippen LogP contribution in [0.4, 0.5) is 0 Å². The molecule has 1 aromatic heterocycles. The molecule has 0 saturated carbocycles. The molecule has 0 bridgehead atoms. The Morgan fingerprint density at radius 3 is 2.46 bits per heavy atom. The van der Waals surface area contributed by atoms with Gasteiger partial charge in [0.15, 0.2) is 9.84 Å². The maximum atomic E-state index is 12.4. The highest BCUT2D eigenvalue weighted by molar-refractivity contribution is 7.96. The van der Waals surface area contributed by atoms with Crippen LogP contribution in [0.1, 0.15) is 29.9 Å². The number of hydrogen-bond acceptors (Lipinski definition) is 6. The van der Waals surface area contributed by atoms with Gasteiger partial charge in [-0.25, -0.2) is 17.9 Å². The molecule has 0 aliphatic heterocycles. The topological polar surface area (TPSA) is 102 Å². The summed E-state index contributed by atoms with van der Waals surface area (Å²) in [5, 5.41) is 13.2. The van der Waals surface area contributed by atoms with Crippen molar-refractivity contribution in [3.8, 4) is 11.8 Å². The lowest BCUT2D eigenvalue weighted by Crippen LogP contribution is -2.16. The molecule has 1 aromatic carbocycles. The summed E-state index contributed by atoms with van der Waals surface area (Å²) in [5.74, 6) is -0.698. The van der Waals surface area contributed by atoms with E-state index in [1.54, 1.807) is 30.3 Å². The molecule has 0 fully saturated rings. The summed E-state index contributed by atoms with van der Waals surface area (Å²) in [6.07, 6.45) is 2.38. The van der Waals surface area contributed by atoms with E-state index in [0.29, 0.717) is 10.7 Å². The second-order valence-corrected chi connectivity index (χ2v) is 8.45. The summed E-state index contributed by atoms with van der Waals surface area (Å²) >= 11 is 5.88. The minimum Gasteiger partial charge on any atom is -0.465 e. The molecular formula is C17H16ClN3O4S. The van der Waals surface area contributed by atoms with Gasteiger partial charge in [-0.15, -0.1) is 0 Å². The summed E-state index contributed by atoms with van der Waals surface area (Å²) in [4.78, 5) is 11.6. The van der Waals surface area contributed by atoms with E-state index in [1.807, 2.05) is 0 Å². The summed E-state index contributed by atoms with van der Waals surface area (Å²) < 4.78 is 30.8. The first-order valence-corrected chi connectivity index (χ1v) is 9.42. The number of nitrogens with zero attached hydrogens (tertiary/aromatic N) is 3. The van der Waals surface area contributed by atoms with E-state index in [9.17, 15) is 18.5 Å². The first kappa shape index (κ1) is 19.7. The molecule has 26 heavy (non-hydrogen) atoms.